The number of benzene rings is 2. The lowest BCUT2D eigenvalue weighted by molar-refractivity contribution is 0.0730. The van der Waals surface area contributed by atoms with Crippen LogP contribution in [0.1, 0.15) is 10.4 Å². The molecule has 1 amide bonds. The summed E-state index contributed by atoms with van der Waals surface area (Å²) in [5, 5.41) is 2.84. The number of carbonyl (C=O) groups is 1. The summed E-state index contributed by atoms with van der Waals surface area (Å²) in [7, 11) is -5.69. The van der Waals surface area contributed by atoms with Gasteiger partial charge in [0.15, 0.2) is 0 Å². The highest BCUT2D eigenvalue weighted by Gasteiger charge is 2.26. The highest BCUT2D eigenvalue weighted by molar-refractivity contribution is 7.92. The topological polar surface area (TPSA) is 122 Å². The van der Waals surface area contributed by atoms with Crippen LogP contribution in [0.15, 0.2) is 47.4 Å². The first-order chi connectivity index (χ1) is 16.0. The van der Waals surface area contributed by atoms with E-state index in [1.807, 2.05) is 0 Å². The van der Waals surface area contributed by atoms with Crippen molar-refractivity contribution in [3.05, 3.63) is 53.1 Å². The highest BCUT2D eigenvalue weighted by atomic mass is 35.5. The fraction of sp³-hybridized carbons (Fsp3) is 0.381. The Morgan fingerprint density at radius 2 is 1.76 bits per heavy atom. The predicted octanol–water partition coefficient (Wildman–Crippen LogP) is 1.57. The Morgan fingerprint density at radius 3 is 2.38 bits per heavy atom. The molecular formula is C21H26ClN3O7S2. The summed E-state index contributed by atoms with van der Waals surface area (Å²) in [6, 6.07) is 10.4. The molecule has 1 saturated heterocycles. The van der Waals surface area contributed by atoms with E-state index in [9.17, 15) is 21.6 Å². The van der Waals surface area contributed by atoms with Gasteiger partial charge in [0.25, 0.3) is 5.91 Å². The van der Waals surface area contributed by atoms with Gasteiger partial charge >= 0.3 is 0 Å². The zero-order chi connectivity index (χ0) is 24.9. The Hall–Kier alpha value is -2.38. The molecule has 3 rings (SSSR count). The lowest BCUT2D eigenvalue weighted by atomic mass is 10.2. The Kier molecular flexibility index (Phi) is 8.42. The molecule has 0 atom stereocenters. The van der Waals surface area contributed by atoms with Gasteiger partial charge in [-0.3, -0.25) is 9.10 Å². The average molecular weight is 532 g/mol. The largest absolute Gasteiger partial charge is 0.492 e. The molecule has 1 fully saturated rings. The standard InChI is InChI=1S/C21H26ClN3O7S2/c1-24(33(2,27)28)16-3-8-20(22)19(15-16)21(26)23-9-12-32-17-4-6-18(7-5-17)34(29,30)25-10-13-31-14-11-25/h3-8,15H,9-14H2,1-2H3,(H,23,26). The first-order valence-electron chi connectivity index (χ1n) is 10.3. The molecule has 0 radical (unpaired) electrons. The molecule has 0 aromatic heterocycles. The normalized spacial score (nSPS) is 15.0. The molecule has 1 aliphatic heterocycles. The number of hydrogen-bond acceptors (Lipinski definition) is 7. The molecule has 10 nitrogen and oxygen atoms in total. The van der Waals surface area contributed by atoms with Crippen molar-refractivity contribution in [3.8, 4) is 5.75 Å². The van der Waals surface area contributed by atoms with Gasteiger partial charge in [-0.15, -0.1) is 0 Å². The van der Waals surface area contributed by atoms with Crippen molar-refractivity contribution >= 4 is 43.2 Å². The molecular weight excluding hydrogens is 506 g/mol. The quantitative estimate of drug-likeness (QED) is 0.487. The summed E-state index contributed by atoms with van der Waals surface area (Å²) in [6.07, 6.45) is 1.06. The summed E-state index contributed by atoms with van der Waals surface area (Å²) < 4.78 is 62.0. The van der Waals surface area contributed by atoms with Crippen LogP contribution in [0.2, 0.25) is 5.02 Å². The molecule has 13 heteroatoms. The maximum absolute atomic E-state index is 12.7. The van der Waals surface area contributed by atoms with Gasteiger partial charge in [-0.2, -0.15) is 4.31 Å². The summed E-state index contributed by atoms with van der Waals surface area (Å²) in [5.74, 6) is -0.0331. The van der Waals surface area contributed by atoms with Gasteiger partial charge in [0.1, 0.15) is 12.4 Å². The van der Waals surface area contributed by atoms with E-state index in [1.165, 1.54) is 41.7 Å². The third-order valence-electron chi connectivity index (χ3n) is 5.14. The summed E-state index contributed by atoms with van der Waals surface area (Å²) in [5.41, 5.74) is 0.438. The van der Waals surface area contributed by atoms with Crippen molar-refractivity contribution in [2.24, 2.45) is 0 Å². The number of amides is 1. The monoisotopic (exact) mass is 531 g/mol. The fourth-order valence-corrected chi connectivity index (χ4v) is 5.25. The van der Waals surface area contributed by atoms with Crippen LogP contribution in [0.25, 0.3) is 0 Å². The van der Waals surface area contributed by atoms with Gasteiger partial charge in [0.05, 0.1) is 47.2 Å². The number of rotatable bonds is 9. The summed E-state index contributed by atoms with van der Waals surface area (Å²) in [4.78, 5) is 12.7. The van der Waals surface area contributed by atoms with E-state index < -0.39 is 26.0 Å². The van der Waals surface area contributed by atoms with E-state index >= 15 is 0 Å². The second-order valence-corrected chi connectivity index (χ2v) is 11.8. The minimum Gasteiger partial charge on any atom is -0.492 e. The van der Waals surface area contributed by atoms with Gasteiger partial charge < -0.3 is 14.8 Å². The molecule has 1 aliphatic rings. The molecule has 2 aromatic rings. The van der Waals surface area contributed by atoms with Crippen LogP contribution in [0.4, 0.5) is 5.69 Å². The first-order valence-corrected chi connectivity index (χ1v) is 14.0. The Bertz CT molecular complexity index is 1230. The molecule has 34 heavy (non-hydrogen) atoms. The smallest absolute Gasteiger partial charge is 0.252 e. The van der Waals surface area contributed by atoms with E-state index in [-0.39, 0.29) is 28.6 Å². The molecule has 0 aliphatic carbocycles. The maximum atomic E-state index is 12.7. The highest BCUT2D eigenvalue weighted by Crippen LogP contribution is 2.24. The SMILES string of the molecule is CN(c1ccc(Cl)c(C(=O)NCCOc2ccc(S(=O)(=O)N3CCOCC3)cc2)c1)S(C)(=O)=O. The van der Waals surface area contributed by atoms with Crippen molar-refractivity contribution in [1.29, 1.82) is 0 Å². The van der Waals surface area contributed by atoms with Crippen LogP contribution in [0.5, 0.6) is 5.75 Å². The van der Waals surface area contributed by atoms with Crippen molar-refractivity contribution in [2.75, 3.05) is 57.1 Å². The van der Waals surface area contributed by atoms with Crippen molar-refractivity contribution in [3.63, 3.8) is 0 Å². The first kappa shape index (κ1) is 26.2. The molecule has 0 unspecified atom stereocenters. The molecule has 0 bridgehead atoms. The molecule has 0 spiro atoms. The molecule has 186 valence electrons. The van der Waals surface area contributed by atoms with E-state index in [0.717, 1.165) is 10.6 Å². The third-order valence-corrected chi connectivity index (χ3v) is 8.59. The molecule has 0 saturated carbocycles. The molecule has 1 heterocycles. The number of hydrogen-bond donors (Lipinski definition) is 1. The number of ether oxygens (including phenoxy) is 2. The van der Waals surface area contributed by atoms with E-state index in [2.05, 4.69) is 5.32 Å². The molecule has 1 N–H and O–H groups in total. The van der Waals surface area contributed by atoms with Crippen molar-refractivity contribution < 1.29 is 31.1 Å². The second-order valence-electron chi connectivity index (χ2n) is 7.49. The van der Waals surface area contributed by atoms with Gasteiger partial charge in [-0.1, -0.05) is 11.6 Å². The zero-order valence-corrected chi connectivity index (χ0v) is 21.1. The second kappa shape index (κ2) is 10.9. The minimum atomic E-state index is -3.58. The number of morpholine rings is 1. The average Bonchev–Trinajstić information content (AvgIpc) is 2.82. The van der Waals surface area contributed by atoms with Gasteiger partial charge in [-0.05, 0) is 42.5 Å². The van der Waals surface area contributed by atoms with Gasteiger partial charge in [0, 0.05) is 20.1 Å². The van der Waals surface area contributed by atoms with Crippen molar-refractivity contribution in [1.82, 2.24) is 9.62 Å². The van der Waals surface area contributed by atoms with Crippen molar-refractivity contribution in [2.45, 2.75) is 4.90 Å². The number of carbonyl (C=O) groups excluding carboxylic acids is 1. The number of sulfonamides is 2. The van der Waals surface area contributed by atoms with Crippen LogP contribution in [0.3, 0.4) is 0 Å². The van der Waals surface area contributed by atoms with Gasteiger partial charge in [0.2, 0.25) is 20.0 Å². The van der Waals surface area contributed by atoms with Crippen LogP contribution in [-0.4, -0.2) is 79.8 Å². The third kappa shape index (κ3) is 6.39. The van der Waals surface area contributed by atoms with Gasteiger partial charge in [-0.25, -0.2) is 16.8 Å². The van der Waals surface area contributed by atoms with Crippen LogP contribution < -0.4 is 14.4 Å². The van der Waals surface area contributed by atoms with E-state index in [0.29, 0.717) is 37.7 Å². The minimum absolute atomic E-state index is 0.127. The predicted molar refractivity (Wildman–Crippen MR) is 129 cm³/mol. The number of halogens is 1. The number of nitrogens with zero attached hydrogens (tertiary/aromatic N) is 2. The van der Waals surface area contributed by atoms with Crippen LogP contribution in [-0.2, 0) is 24.8 Å². The fourth-order valence-electron chi connectivity index (χ4n) is 3.15. The maximum Gasteiger partial charge on any atom is 0.252 e. The Labute approximate surface area is 204 Å². The Balaban J connectivity index is 1.54. The lowest BCUT2D eigenvalue weighted by Gasteiger charge is -2.26. The summed E-state index contributed by atoms with van der Waals surface area (Å²) >= 11 is 6.11. The van der Waals surface area contributed by atoms with Crippen LogP contribution >= 0.6 is 11.6 Å². The zero-order valence-electron chi connectivity index (χ0n) is 18.7. The van der Waals surface area contributed by atoms with E-state index in [1.54, 1.807) is 12.1 Å². The van der Waals surface area contributed by atoms with E-state index in [4.69, 9.17) is 21.1 Å². The number of nitrogens with one attached hydrogen (secondary N) is 1. The Morgan fingerprint density at radius 1 is 1.12 bits per heavy atom. The molecule has 2 aromatic carbocycles. The number of anilines is 1. The summed E-state index contributed by atoms with van der Waals surface area (Å²) in [6.45, 7) is 1.65. The van der Waals surface area contributed by atoms with Crippen LogP contribution in [0, 0.1) is 0 Å². The lowest BCUT2D eigenvalue weighted by Crippen LogP contribution is -2.40.